The summed E-state index contributed by atoms with van der Waals surface area (Å²) in [4.78, 5) is 87.8. The number of guanidine groups is 1. The van der Waals surface area contributed by atoms with E-state index < -0.39 is 51.6 Å². The number of nitro benzene ring substituents is 2. The van der Waals surface area contributed by atoms with Crippen molar-refractivity contribution in [1.29, 1.82) is 0 Å². The molecule has 45 heavy (non-hydrogen) atoms. The van der Waals surface area contributed by atoms with Gasteiger partial charge in [-0.15, -0.1) is 0 Å². The summed E-state index contributed by atoms with van der Waals surface area (Å²) in [5.74, 6) is -3.16. The third kappa shape index (κ3) is 10.4. The highest BCUT2D eigenvalue weighted by atomic mass is 16.6. The van der Waals surface area contributed by atoms with Crippen molar-refractivity contribution in [3.05, 3.63) is 79.9 Å². The lowest BCUT2D eigenvalue weighted by atomic mass is 10.1. The maximum atomic E-state index is 12.5. The van der Waals surface area contributed by atoms with Crippen molar-refractivity contribution >= 4 is 47.6 Å². The number of hydrogen-bond acceptors (Lipinski definition) is 13. The van der Waals surface area contributed by atoms with Gasteiger partial charge < -0.3 is 19.1 Å². The van der Waals surface area contributed by atoms with Crippen LogP contribution in [0.15, 0.2) is 53.5 Å². The first-order valence-electron chi connectivity index (χ1n) is 13.2. The second kappa shape index (κ2) is 14.5. The first-order chi connectivity index (χ1) is 21.1. The average molecular weight is 629 g/mol. The Morgan fingerprint density at radius 3 is 1.69 bits per heavy atom. The summed E-state index contributed by atoms with van der Waals surface area (Å²) < 4.78 is 14.7. The molecule has 1 aliphatic heterocycles. The van der Waals surface area contributed by atoms with Crippen molar-refractivity contribution < 1.29 is 48.0 Å². The van der Waals surface area contributed by atoms with E-state index in [1.54, 1.807) is 20.8 Å². The minimum absolute atomic E-state index is 0.0399. The van der Waals surface area contributed by atoms with Crippen LogP contribution in [0.2, 0.25) is 0 Å². The molecule has 0 spiro atoms. The third-order valence-electron chi connectivity index (χ3n) is 5.88. The number of nitrogens with zero attached hydrogens (tertiary/aromatic N) is 4. The number of likely N-dealkylation sites (tertiary alicyclic amines) is 1. The molecule has 18 nitrogen and oxygen atoms in total. The fraction of sp³-hybridized carbons (Fsp3) is 0.333. The molecule has 0 unspecified atom stereocenters. The zero-order valence-electron chi connectivity index (χ0n) is 24.2. The smallest absolute Gasteiger partial charge is 0.421 e. The molecule has 0 aliphatic carbocycles. The van der Waals surface area contributed by atoms with E-state index in [2.05, 4.69) is 25.1 Å². The molecule has 1 fully saturated rings. The minimum atomic E-state index is -1.40. The van der Waals surface area contributed by atoms with E-state index in [4.69, 9.17) is 4.74 Å². The van der Waals surface area contributed by atoms with E-state index in [1.807, 2.05) is 0 Å². The van der Waals surface area contributed by atoms with Crippen molar-refractivity contribution in [3.63, 3.8) is 0 Å². The fourth-order valence-electron chi connectivity index (χ4n) is 3.77. The summed E-state index contributed by atoms with van der Waals surface area (Å²) in [5.41, 5.74) is -1.68. The molecular weight excluding hydrogens is 600 g/mol. The van der Waals surface area contributed by atoms with Crippen molar-refractivity contribution in [3.8, 4) is 0 Å². The molecule has 0 radical (unpaired) electrons. The van der Waals surface area contributed by atoms with Crippen LogP contribution < -0.4 is 10.6 Å². The number of amides is 3. The quantitative estimate of drug-likeness (QED) is 0.0888. The maximum absolute atomic E-state index is 12.5. The number of carbonyl (C=O) groups excluding carboxylic acids is 5. The highest BCUT2D eigenvalue weighted by Crippen LogP contribution is 2.20. The van der Waals surface area contributed by atoms with E-state index in [9.17, 15) is 44.2 Å². The van der Waals surface area contributed by atoms with Gasteiger partial charge in [-0.3, -0.25) is 35.9 Å². The van der Waals surface area contributed by atoms with E-state index in [0.717, 1.165) is 48.5 Å². The molecule has 2 aromatic carbocycles. The molecule has 0 saturated carbocycles. The van der Waals surface area contributed by atoms with Crippen LogP contribution in [0.3, 0.4) is 0 Å². The fourth-order valence-corrected chi connectivity index (χ4v) is 3.77. The predicted octanol–water partition coefficient (Wildman–Crippen LogP) is 3.55. The summed E-state index contributed by atoms with van der Waals surface area (Å²) in [5, 5.41) is 25.7. The van der Waals surface area contributed by atoms with Gasteiger partial charge in [0.1, 0.15) is 5.60 Å². The molecule has 2 N–H and O–H groups in total. The predicted molar refractivity (Wildman–Crippen MR) is 152 cm³/mol. The Hall–Kier alpha value is -5.94. The lowest BCUT2D eigenvalue weighted by Crippen LogP contribution is -2.45. The lowest BCUT2D eigenvalue weighted by molar-refractivity contribution is -0.385. The van der Waals surface area contributed by atoms with Gasteiger partial charge in [0.05, 0.1) is 21.0 Å². The van der Waals surface area contributed by atoms with Gasteiger partial charge in [-0.25, -0.2) is 24.0 Å². The second-order valence-corrected chi connectivity index (χ2v) is 10.5. The van der Waals surface area contributed by atoms with Gasteiger partial charge in [-0.05, 0) is 57.4 Å². The van der Waals surface area contributed by atoms with E-state index in [1.165, 1.54) is 4.90 Å². The standard InChI is InChI=1S/C27H28N6O12/c1-27(2,3)45-26(38)31-13-12-16(15-31)14-28-23(29-24(36)43-21(34)17-4-8-19(9-5-17)32(39)40)30-25(37)44-22(35)18-6-10-20(11-7-18)33(41)42/h4-11,16H,12-15H2,1-3H3,(H2,28,29,30,36,37)/t16-/m1/s1. The van der Waals surface area contributed by atoms with Crippen LogP contribution in [-0.2, 0) is 14.2 Å². The first kappa shape index (κ1) is 33.6. The summed E-state index contributed by atoms with van der Waals surface area (Å²) in [7, 11) is 0. The van der Waals surface area contributed by atoms with Crippen LogP contribution in [0.5, 0.6) is 0 Å². The Morgan fingerprint density at radius 1 is 0.844 bits per heavy atom. The van der Waals surface area contributed by atoms with Crippen LogP contribution in [0.25, 0.3) is 0 Å². The largest absolute Gasteiger partial charge is 0.444 e. The Labute approximate surface area is 254 Å². The number of rotatable bonds is 6. The Bertz CT molecular complexity index is 1430. The summed E-state index contributed by atoms with van der Waals surface area (Å²) in [6, 6.07) is 8.40. The molecule has 3 rings (SSSR count). The van der Waals surface area contributed by atoms with E-state index in [0.29, 0.717) is 13.0 Å². The Balaban J connectivity index is 1.68. The number of carbonyl (C=O) groups is 5. The van der Waals surface area contributed by atoms with E-state index >= 15 is 0 Å². The summed E-state index contributed by atoms with van der Waals surface area (Å²) in [6.45, 7) is 5.75. The Morgan fingerprint density at radius 2 is 1.29 bits per heavy atom. The van der Waals surface area contributed by atoms with Crippen molar-refractivity contribution in [2.75, 3.05) is 19.6 Å². The highest BCUT2D eigenvalue weighted by molar-refractivity contribution is 6.07. The van der Waals surface area contributed by atoms with Crippen molar-refractivity contribution in [1.82, 2.24) is 15.5 Å². The SMILES string of the molecule is CC(C)(C)OC(=O)N1CC[C@H](CN=C(NC(=O)OC(=O)c2ccc([N+](=O)[O-])cc2)NC(=O)OC(=O)c2ccc([N+](=O)[O-])cc2)C1. The number of non-ortho nitro benzene ring substituents is 2. The number of alkyl carbamates (subject to hydrolysis) is 2. The van der Waals surface area contributed by atoms with Crippen LogP contribution >= 0.6 is 0 Å². The highest BCUT2D eigenvalue weighted by Gasteiger charge is 2.30. The lowest BCUT2D eigenvalue weighted by Gasteiger charge is -2.24. The van der Waals surface area contributed by atoms with E-state index in [-0.39, 0.29) is 41.5 Å². The molecule has 238 valence electrons. The van der Waals surface area contributed by atoms with Crippen LogP contribution in [0.1, 0.15) is 47.9 Å². The van der Waals surface area contributed by atoms with Gasteiger partial charge >= 0.3 is 30.2 Å². The second-order valence-electron chi connectivity index (χ2n) is 10.5. The number of aliphatic imine (C=N–C) groups is 1. The number of esters is 2. The molecule has 3 amide bonds. The van der Waals surface area contributed by atoms with Crippen molar-refractivity contribution in [2.24, 2.45) is 10.9 Å². The zero-order valence-corrected chi connectivity index (χ0v) is 24.2. The number of nitro groups is 2. The topological polar surface area (TPSA) is 239 Å². The molecule has 1 aliphatic rings. The van der Waals surface area contributed by atoms with Gasteiger partial charge in [0.15, 0.2) is 0 Å². The van der Waals surface area contributed by atoms with Gasteiger partial charge in [0.2, 0.25) is 5.96 Å². The van der Waals surface area contributed by atoms with Crippen LogP contribution in [-0.4, -0.2) is 76.2 Å². The summed E-state index contributed by atoms with van der Waals surface area (Å²) >= 11 is 0. The Kier molecular flexibility index (Phi) is 10.8. The molecule has 0 bridgehead atoms. The molecule has 18 heteroatoms. The molecule has 1 saturated heterocycles. The minimum Gasteiger partial charge on any atom is -0.444 e. The molecule has 2 aromatic rings. The maximum Gasteiger partial charge on any atom is 0.421 e. The zero-order chi connectivity index (χ0) is 33.3. The first-order valence-corrected chi connectivity index (χ1v) is 13.2. The monoisotopic (exact) mass is 628 g/mol. The molecule has 1 heterocycles. The van der Waals surface area contributed by atoms with Gasteiger partial charge in [0.25, 0.3) is 11.4 Å². The number of benzene rings is 2. The van der Waals surface area contributed by atoms with Gasteiger partial charge in [-0.1, -0.05) is 0 Å². The van der Waals surface area contributed by atoms with Gasteiger partial charge in [0, 0.05) is 43.9 Å². The average Bonchev–Trinajstić information content (AvgIpc) is 3.44. The van der Waals surface area contributed by atoms with Gasteiger partial charge in [-0.2, -0.15) is 0 Å². The van der Waals surface area contributed by atoms with Crippen LogP contribution in [0, 0.1) is 26.1 Å². The molecular formula is C27H28N6O12. The number of ether oxygens (including phenoxy) is 3. The third-order valence-corrected chi connectivity index (χ3v) is 5.88. The summed E-state index contributed by atoms with van der Waals surface area (Å²) in [6.07, 6.45) is -2.82. The number of nitrogens with one attached hydrogen (secondary N) is 2. The normalized spacial score (nSPS) is 14.0. The van der Waals surface area contributed by atoms with Crippen molar-refractivity contribution in [2.45, 2.75) is 32.8 Å². The molecule has 0 aromatic heterocycles. The number of hydrogen-bond donors (Lipinski definition) is 2. The van der Waals surface area contributed by atoms with Crippen LogP contribution in [0.4, 0.5) is 25.8 Å². The molecule has 1 atom stereocenters.